The van der Waals surface area contributed by atoms with Crippen LogP contribution in [0.5, 0.6) is 0 Å². The van der Waals surface area contributed by atoms with E-state index in [4.69, 9.17) is 11.6 Å². The molecule has 2 saturated heterocycles. The van der Waals surface area contributed by atoms with Gasteiger partial charge in [0.25, 0.3) is 0 Å². The van der Waals surface area contributed by atoms with Crippen molar-refractivity contribution in [2.24, 2.45) is 5.92 Å². The Morgan fingerprint density at radius 3 is 3.06 bits per heavy atom. The Morgan fingerprint density at radius 1 is 1.29 bits per heavy atom. The first-order chi connectivity index (χ1) is 8.33. The lowest BCUT2D eigenvalue weighted by Gasteiger charge is -2.35. The first-order valence-electron chi connectivity index (χ1n) is 6.52. The average Bonchev–Trinajstić information content (AvgIpc) is 2.79. The zero-order valence-corrected chi connectivity index (χ0v) is 10.8. The largest absolute Gasteiger partial charge is 0.314 e. The van der Waals surface area contributed by atoms with Crippen LogP contribution < -0.4 is 5.32 Å². The normalized spacial score (nSPS) is 29.2. The van der Waals surface area contributed by atoms with Crippen molar-refractivity contribution in [3.8, 4) is 0 Å². The van der Waals surface area contributed by atoms with Gasteiger partial charge in [0, 0.05) is 24.2 Å². The first-order valence-corrected chi connectivity index (χ1v) is 6.90. The molecule has 0 aromatic heterocycles. The van der Waals surface area contributed by atoms with Crippen LogP contribution in [0.1, 0.15) is 18.4 Å². The highest BCUT2D eigenvalue weighted by Crippen LogP contribution is 2.26. The Morgan fingerprint density at radius 2 is 2.18 bits per heavy atom. The zero-order chi connectivity index (χ0) is 11.7. The van der Waals surface area contributed by atoms with Gasteiger partial charge in [-0.2, -0.15) is 0 Å². The summed E-state index contributed by atoms with van der Waals surface area (Å²) >= 11 is 6.22. The Hall–Kier alpha value is -0.570. The molecule has 2 heterocycles. The molecule has 0 radical (unpaired) electrons. The number of likely N-dealkylation sites (tertiary alicyclic amines) is 1. The molecule has 3 rings (SSSR count). The molecule has 17 heavy (non-hydrogen) atoms. The molecule has 0 bridgehead atoms. The van der Waals surface area contributed by atoms with E-state index in [2.05, 4.69) is 22.3 Å². The van der Waals surface area contributed by atoms with Gasteiger partial charge in [-0.3, -0.25) is 4.90 Å². The zero-order valence-electron chi connectivity index (χ0n) is 10.0. The van der Waals surface area contributed by atoms with Crippen LogP contribution in [0.4, 0.5) is 0 Å². The molecule has 3 heteroatoms. The lowest BCUT2D eigenvalue weighted by atomic mass is 9.93. The van der Waals surface area contributed by atoms with E-state index >= 15 is 0 Å². The molecule has 2 unspecified atom stereocenters. The summed E-state index contributed by atoms with van der Waals surface area (Å²) in [5, 5.41) is 4.50. The number of nitrogens with zero attached hydrogens (tertiary/aromatic N) is 1. The fourth-order valence-corrected chi connectivity index (χ4v) is 3.33. The number of rotatable bonds is 2. The number of hydrogen-bond donors (Lipinski definition) is 1. The summed E-state index contributed by atoms with van der Waals surface area (Å²) in [7, 11) is 0. The van der Waals surface area contributed by atoms with Gasteiger partial charge >= 0.3 is 0 Å². The maximum Gasteiger partial charge on any atom is 0.0451 e. The summed E-state index contributed by atoms with van der Waals surface area (Å²) in [4.78, 5) is 2.55. The molecule has 2 nitrogen and oxygen atoms in total. The lowest BCUT2D eigenvalue weighted by molar-refractivity contribution is 0.156. The summed E-state index contributed by atoms with van der Waals surface area (Å²) < 4.78 is 0. The number of benzene rings is 1. The van der Waals surface area contributed by atoms with Crippen LogP contribution in [-0.4, -0.2) is 30.6 Å². The van der Waals surface area contributed by atoms with Crippen LogP contribution >= 0.6 is 11.6 Å². The van der Waals surface area contributed by atoms with Gasteiger partial charge < -0.3 is 5.32 Å². The topological polar surface area (TPSA) is 15.3 Å². The average molecular weight is 251 g/mol. The second kappa shape index (κ2) is 4.97. The van der Waals surface area contributed by atoms with E-state index < -0.39 is 0 Å². The predicted molar refractivity (Wildman–Crippen MR) is 71.2 cm³/mol. The molecule has 1 N–H and O–H groups in total. The molecular weight excluding hydrogens is 232 g/mol. The van der Waals surface area contributed by atoms with Crippen molar-refractivity contribution in [1.82, 2.24) is 10.2 Å². The lowest BCUT2D eigenvalue weighted by Crippen LogP contribution is -2.43. The predicted octanol–water partition coefficient (Wildman–Crippen LogP) is 2.52. The number of nitrogens with one attached hydrogen (secondary N) is 1. The molecule has 0 amide bonds. The van der Waals surface area contributed by atoms with Crippen LogP contribution in [0, 0.1) is 5.92 Å². The summed E-state index contributed by atoms with van der Waals surface area (Å²) in [5.41, 5.74) is 1.26. The van der Waals surface area contributed by atoms with E-state index in [1.807, 2.05) is 12.1 Å². The summed E-state index contributed by atoms with van der Waals surface area (Å²) in [6.45, 7) is 4.63. The van der Waals surface area contributed by atoms with Crippen molar-refractivity contribution in [2.45, 2.75) is 25.4 Å². The smallest absolute Gasteiger partial charge is 0.0451 e. The third-order valence-electron chi connectivity index (χ3n) is 4.09. The van der Waals surface area contributed by atoms with Crippen LogP contribution in [-0.2, 0) is 6.54 Å². The highest BCUT2D eigenvalue weighted by molar-refractivity contribution is 6.31. The number of fused-ring (bicyclic) bond motifs is 1. The van der Waals surface area contributed by atoms with Gasteiger partial charge in [-0.15, -0.1) is 0 Å². The van der Waals surface area contributed by atoms with Gasteiger partial charge in [-0.25, -0.2) is 0 Å². The monoisotopic (exact) mass is 250 g/mol. The van der Waals surface area contributed by atoms with E-state index in [-0.39, 0.29) is 0 Å². The molecular formula is C14H19ClN2. The van der Waals surface area contributed by atoms with Crippen molar-refractivity contribution < 1.29 is 0 Å². The van der Waals surface area contributed by atoms with Crippen LogP contribution in [0.2, 0.25) is 5.02 Å². The SMILES string of the molecule is Clc1ccccc1CN1CCC2NCCC2C1. The number of hydrogen-bond acceptors (Lipinski definition) is 2. The molecule has 2 atom stereocenters. The molecule has 2 fully saturated rings. The van der Waals surface area contributed by atoms with Crippen LogP contribution in [0.3, 0.4) is 0 Å². The van der Waals surface area contributed by atoms with Gasteiger partial charge in [0.1, 0.15) is 0 Å². The van der Waals surface area contributed by atoms with Crippen molar-refractivity contribution in [1.29, 1.82) is 0 Å². The molecule has 1 aromatic rings. The number of piperidine rings is 1. The first kappa shape index (κ1) is 11.5. The minimum atomic E-state index is 0.775. The van der Waals surface area contributed by atoms with Gasteiger partial charge in [-0.05, 0) is 43.5 Å². The van der Waals surface area contributed by atoms with Crippen LogP contribution in [0.25, 0.3) is 0 Å². The highest BCUT2D eigenvalue weighted by Gasteiger charge is 2.32. The fourth-order valence-electron chi connectivity index (χ4n) is 3.13. The highest BCUT2D eigenvalue weighted by atomic mass is 35.5. The van der Waals surface area contributed by atoms with Gasteiger partial charge in [0.2, 0.25) is 0 Å². The number of halogens is 1. The van der Waals surface area contributed by atoms with E-state index in [0.29, 0.717) is 0 Å². The van der Waals surface area contributed by atoms with E-state index in [1.165, 1.54) is 38.0 Å². The molecule has 0 spiro atoms. The van der Waals surface area contributed by atoms with Crippen molar-refractivity contribution in [3.05, 3.63) is 34.9 Å². The molecule has 1 aromatic carbocycles. The molecule has 0 aliphatic carbocycles. The summed E-state index contributed by atoms with van der Waals surface area (Å²) in [6, 6.07) is 8.98. The molecule has 92 valence electrons. The summed E-state index contributed by atoms with van der Waals surface area (Å²) in [6.07, 6.45) is 2.62. The second-order valence-corrected chi connectivity index (χ2v) is 5.63. The van der Waals surface area contributed by atoms with Crippen molar-refractivity contribution in [3.63, 3.8) is 0 Å². The van der Waals surface area contributed by atoms with Gasteiger partial charge in [-0.1, -0.05) is 29.8 Å². The van der Waals surface area contributed by atoms with Crippen LogP contribution in [0.15, 0.2) is 24.3 Å². The minimum Gasteiger partial charge on any atom is -0.314 e. The van der Waals surface area contributed by atoms with Gasteiger partial charge in [0.05, 0.1) is 0 Å². The maximum absolute atomic E-state index is 6.22. The minimum absolute atomic E-state index is 0.775. The Bertz CT molecular complexity index is 394. The Kier molecular flexibility index (Phi) is 3.37. The standard InChI is InChI=1S/C14H19ClN2/c15-13-4-2-1-3-11(13)9-17-8-6-14-12(10-17)5-7-16-14/h1-4,12,14,16H,5-10H2. The van der Waals surface area contributed by atoms with E-state index in [1.54, 1.807) is 0 Å². The van der Waals surface area contributed by atoms with E-state index in [9.17, 15) is 0 Å². The molecule has 0 saturated carbocycles. The second-order valence-electron chi connectivity index (χ2n) is 5.22. The van der Waals surface area contributed by atoms with Gasteiger partial charge in [0.15, 0.2) is 0 Å². The van der Waals surface area contributed by atoms with Crippen molar-refractivity contribution >= 4 is 11.6 Å². The van der Waals surface area contributed by atoms with E-state index in [0.717, 1.165) is 23.5 Å². The molecule has 2 aliphatic rings. The summed E-state index contributed by atoms with van der Waals surface area (Å²) in [5.74, 6) is 0.853. The van der Waals surface area contributed by atoms with Crippen molar-refractivity contribution in [2.75, 3.05) is 19.6 Å². The quantitative estimate of drug-likeness (QED) is 0.868. The third-order valence-corrected chi connectivity index (χ3v) is 4.46. The molecule has 2 aliphatic heterocycles. The fraction of sp³-hybridized carbons (Fsp3) is 0.571. The Labute approximate surface area is 108 Å². The maximum atomic E-state index is 6.22. The Balaban J connectivity index is 1.64. The third kappa shape index (κ3) is 2.49.